The molecule has 0 spiro atoms. The number of fused-ring (bicyclic) bond motifs is 1. The summed E-state index contributed by atoms with van der Waals surface area (Å²) in [6, 6.07) is 20.4. The number of rotatable bonds is 6. The Labute approximate surface area is 169 Å². The molecule has 1 amide bonds. The number of aromatic nitrogens is 4. The van der Waals surface area contributed by atoms with Gasteiger partial charge in [-0.05, 0) is 24.3 Å². The number of nitrogens with one attached hydrogen (secondary N) is 1. The summed E-state index contributed by atoms with van der Waals surface area (Å²) in [5.41, 5.74) is 2.14. The number of ether oxygens (including phenoxy) is 1. The monoisotopic (exact) mass is 437 g/mol. The van der Waals surface area contributed by atoms with E-state index < -0.39 is 0 Å². The Hall–Kier alpha value is -3.26. The normalized spacial score (nSPS) is 10.8. The van der Waals surface area contributed by atoms with Gasteiger partial charge in [0.15, 0.2) is 11.5 Å². The van der Waals surface area contributed by atoms with Crippen LogP contribution in [0, 0.1) is 0 Å². The average Bonchev–Trinajstić information content (AvgIpc) is 3.15. The van der Waals surface area contributed by atoms with E-state index in [1.54, 1.807) is 28.8 Å². The Balaban J connectivity index is 1.39. The third-order valence-electron chi connectivity index (χ3n) is 3.99. The fraction of sp³-hybridized carbons (Fsp3) is 0.100. The molecule has 4 aromatic rings. The molecule has 1 N–H and O–H groups in total. The van der Waals surface area contributed by atoms with Crippen LogP contribution in [0.15, 0.2) is 71.2 Å². The molecule has 7 nitrogen and oxygen atoms in total. The second kappa shape index (κ2) is 8.18. The van der Waals surface area contributed by atoms with Gasteiger partial charge in [0.25, 0.3) is 5.91 Å². The molecule has 2 aromatic heterocycles. The second-order valence-corrected chi connectivity index (χ2v) is 6.86. The van der Waals surface area contributed by atoms with E-state index in [0.717, 1.165) is 10.0 Å². The lowest BCUT2D eigenvalue weighted by atomic mass is 10.2. The van der Waals surface area contributed by atoms with Crippen molar-refractivity contribution in [3.8, 4) is 17.3 Å². The quantitative estimate of drug-likeness (QED) is 0.467. The first-order chi connectivity index (χ1) is 13.7. The highest BCUT2D eigenvalue weighted by Gasteiger charge is 2.10. The van der Waals surface area contributed by atoms with Crippen molar-refractivity contribution in [3.63, 3.8) is 0 Å². The molecule has 0 fully saturated rings. The lowest BCUT2D eigenvalue weighted by Crippen LogP contribution is -2.28. The molecule has 140 valence electrons. The number of halogens is 1. The van der Waals surface area contributed by atoms with E-state index in [4.69, 9.17) is 4.74 Å². The predicted molar refractivity (Wildman–Crippen MR) is 108 cm³/mol. The summed E-state index contributed by atoms with van der Waals surface area (Å²) >= 11 is 3.36. The topological polar surface area (TPSA) is 81.4 Å². The van der Waals surface area contributed by atoms with Gasteiger partial charge in [0.2, 0.25) is 5.88 Å². The first-order valence-corrected chi connectivity index (χ1v) is 9.44. The fourth-order valence-electron chi connectivity index (χ4n) is 2.67. The Kier molecular flexibility index (Phi) is 5.29. The highest BCUT2D eigenvalue weighted by molar-refractivity contribution is 9.10. The van der Waals surface area contributed by atoms with E-state index in [2.05, 4.69) is 36.5 Å². The van der Waals surface area contributed by atoms with Crippen LogP contribution in [0.4, 0.5) is 0 Å². The molecule has 0 aliphatic rings. The maximum absolute atomic E-state index is 12.1. The van der Waals surface area contributed by atoms with Crippen molar-refractivity contribution in [2.45, 2.75) is 0 Å². The molecule has 0 aliphatic carbocycles. The number of carbonyl (C=O) groups is 1. The van der Waals surface area contributed by atoms with E-state index >= 15 is 0 Å². The standard InChI is InChI=1S/C20H16BrN5O2/c21-16-8-4-7-15(13-16)20(27)22-11-12-28-18-10-9-17-23-24-19(26(17)25-18)14-5-2-1-3-6-14/h1-10,13H,11-12H2,(H,22,27). The molecule has 0 radical (unpaired) electrons. The van der Waals surface area contributed by atoms with Crippen LogP contribution in [0.5, 0.6) is 5.88 Å². The molecule has 4 rings (SSSR count). The molecule has 0 bridgehead atoms. The molecule has 0 atom stereocenters. The number of hydrogen-bond donors (Lipinski definition) is 1. The maximum atomic E-state index is 12.1. The van der Waals surface area contributed by atoms with Gasteiger partial charge in [0, 0.05) is 21.7 Å². The van der Waals surface area contributed by atoms with Crippen LogP contribution >= 0.6 is 15.9 Å². The molecule has 28 heavy (non-hydrogen) atoms. The molecule has 0 saturated heterocycles. The Morgan fingerprint density at radius 2 is 1.89 bits per heavy atom. The van der Waals surface area contributed by atoms with E-state index in [1.165, 1.54) is 0 Å². The number of nitrogens with zero attached hydrogens (tertiary/aromatic N) is 4. The molecular weight excluding hydrogens is 422 g/mol. The summed E-state index contributed by atoms with van der Waals surface area (Å²) in [5, 5.41) is 15.6. The van der Waals surface area contributed by atoms with Crippen molar-refractivity contribution in [1.82, 2.24) is 25.1 Å². The summed E-state index contributed by atoms with van der Waals surface area (Å²) in [6.07, 6.45) is 0. The Bertz CT molecular complexity index is 1110. The van der Waals surface area contributed by atoms with Crippen molar-refractivity contribution >= 4 is 27.5 Å². The number of benzene rings is 2. The van der Waals surface area contributed by atoms with Crippen molar-refractivity contribution in [2.24, 2.45) is 0 Å². The van der Waals surface area contributed by atoms with Gasteiger partial charge >= 0.3 is 0 Å². The van der Waals surface area contributed by atoms with Crippen LogP contribution in [0.2, 0.25) is 0 Å². The van der Waals surface area contributed by atoms with Crippen LogP contribution < -0.4 is 10.1 Å². The minimum Gasteiger partial charge on any atom is -0.475 e. The van der Waals surface area contributed by atoms with E-state index in [9.17, 15) is 4.79 Å². The summed E-state index contributed by atoms with van der Waals surface area (Å²) < 4.78 is 8.17. The van der Waals surface area contributed by atoms with Gasteiger partial charge in [-0.1, -0.05) is 52.3 Å². The summed E-state index contributed by atoms with van der Waals surface area (Å²) in [4.78, 5) is 12.1. The molecule has 0 unspecified atom stereocenters. The van der Waals surface area contributed by atoms with E-state index in [1.807, 2.05) is 42.5 Å². The van der Waals surface area contributed by atoms with E-state index in [0.29, 0.717) is 36.1 Å². The van der Waals surface area contributed by atoms with Crippen LogP contribution in [0.1, 0.15) is 10.4 Å². The third kappa shape index (κ3) is 4.01. The average molecular weight is 438 g/mol. The third-order valence-corrected chi connectivity index (χ3v) is 4.49. The lowest BCUT2D eigenvalue weighted by Gasteiger charge is -2.08. The Morgan fingerprint density at radius 3 is 2.71 bits per heavy atom. The van der Waals surface area contributed by atoms with Crippen molar-refractivity contribution in [3.05, 3.63) is 76.8 Å². The smallest absolute Gasteiger partial charge is 0.251 e. The van der Waals surface area contributed by atoms with Crippen LogP contribution in [-0.4, -0.2) is 38.9 Å². The van der Waals surface area contributed by atoms with Crippen LogP contribution in [0.25, 0.3) is 17.0 Å². The van der Waals surface area contributed by atoms with Crippen LogP contribution in [0.3, 0.4) is 0 Å². The first-order valence-electron chi connectivity index (χ1n) is 8.65. The van der Waals surface area contributed by atoms with Gasteiger partial charge in [-0.15, -0.1) is 15.3 Å². The van der Waals surface area contributed by atoms with Gasteiger partial charge in [0.1, 0.15) is 6.61 Å². The largest absolute Gasteiger partial charge is 0.475 e. The summed E-state index contributed by atoms with van der Waals surface area (Å²) in [6.45, 7) is 0.653. The molecule has 0 saturated carbocycles. The molecular formula is C20H16BrN5O2. The van der Waals surface area contributed by atoms with Crippen LogP contribution in [-0.2, 0) is 0 Å². The number of hydrogen-bond acceptors (Lipinski definition) is 5. The highest BCUT2D eigenvalue weighted by Crippen LogP contribution is 2.18. The van der Waals surface area contributed by atoms with Gasteiger partial charge in [-0.25, -0.2) is 0 Å². The summed E-state index contributed by atoms with van der Waals surface area (Å²) in [7, 11) is 0. The SMILES string of the molecule is O=C(NCCOc1ccc2nnc(-c3ccccc3)n2n1)c1cccc(Br)c1. The summed E-state index contributed by atoms with van der Waals surface area (Å²) in [5.74, 6) is 0.920. The molecule has 8 heteroatoms. The van der Waals surface area contributed by atoms with Crippen molar-refractivity contribution in [1.29, 1.82) is 0 Å². The zero-order chi connectivity index (χ0) is 19.3. The second-order valence-electron chi connectivity index (χ2n) is 5.95. The van der Waals surface area contributed by atoms with Crippen molar-refractivity contribution < 1.29 is 9.53 Å². The lowest BCUT2D eigenvalue weighted by molar-refractivity contribution is 0.0946. The number of carbonyl (C=O) groups excluding carboxylic acids is 1. The zero-order valence-electron chi connectivity index (χ0n) is 14.7. The highest BCUT2D eigenvalue weighted by atomic mass is 79.9. The van der Waals surface area contributed by atoms with E-state index in [-0.39, 0.29) is 5.91 Å². The predicted octanol–water partition coefficient (Wildman–Crippen LogP) is 3.36. The van der Waals surface area contributed by atoms with Gasteiger partial charge in [0.05, 0.1) is 6.54 Å². The molecule has 0 aliphatic heterocycles. The fourth-order valence-corrected chi connectivity index (χ4v) is 3.07. The Morgan fingerprint density at radius 1 is 1.04 bits per heavy atom. The molecule has 2 heterocycles. The zero-order valence-corrected chi connectivity index (χ0v) is 16.3. The van der Waals surface area contributed by atoms with Gasteiger partial charge in [-0.3, -0.25) is 4.79 Å². The van der Waals surface area contributed by atoms with Gasteiger partial charge < -0.3 is 10.1 Å². The first kappa shape index (κ1) is 18.1. The minimum absolute atomic E-state index is 0.154. The van der Waals surface area contributed by atoms with Crippen molar-refractivity contribution in [2.75, 3.05) is 13.2 Å². The minimum atomic E-state index is -0.154. The van der Waals surface area contributed by atoms with Gasteiger partial charge in [-0.2, -0.15) is 4.52 Å². The molecule has 2 aromatic carbocycles. The number of amides is 1. The maximum Gasteiger partial charge on any atom is 0.251 e.